The maximum Gasteiger partial charge on any atom is 0.125 e. The fourth-order valence-corrected chi connectivity index (χ4v) is 2.25. The second-order valence-electron chi connectivity index (χ2n) is 4.76. The molecular formula is C14H19N5. The molecule has 0 saturated heterocycles. The summed E-state index contributed by atoms with van der Waals surface area (Å²) >= 11 is 0. The molecule has 0 unspecified atom stereocenters. The number of nitrogens with zero attached hydrogens (tertiary/aromatic N) is 3. The van der Waals surface area contributed by atoms with Crippen molar-refractivity contribution in [3.8, 4) is 6.07 Å². The second-order valence-corrected chi connectivity index (χ2v) is 4.76. The van der Waals surface area contributed by atoms with Gasteiger partial charge >= 0.3 is 0 Å². The Labute approximate surface area is 112 Å². The van der Waals surface area contributed by atoms with Crippen LogP contribution in [-0.4, -0.2) is 9.61 Å². The van der Waals surface area contributed by atoms with Gasteiger partial charge in [0.05, 0.1) is 23.0 Å². The topological polar surface area (TPSA) is 93.1 Å². The molecule has 2 heterocycles. The first-order chi connectivity index (χ1) is 9.24. The predicted molar refractivity (Wildman–Crippen MR) is 76.4 cm³/mol. The lowest BCUT2D eigenvalue weighted by Gasteiger charge is -2.05. The van der Waals surface area contributed by atoms with E-state index in [1.54, 1.807) is 12.1 Å². The molecule has 2 aromatic rings. The fourth-order valence-electron chi connectivity index (χ4n) is 2.25. The summed E-state index contributed by atoms with van der Waals surface area (Å²) in [6, 6.07) is 5.38. The van der Waals surface area contributed by atoms with Crippen molar-refractivity contribution < 1.29 is 0 Å². The molecule has 1 aliphatic carbocycles. The predicted octanol–water partition coefficient (Wildman–Crippen LogP) is 2.71. The lowest BCUT2D eigenvalue weighted by atomic mass is 10.0. The summed E-state index contributed by atoms with van der Waals surface area (Å²) in [7, 11) is 0. The molecular weight excluding hydrogens is 238 g/mol. The SMILES string of the molecule is C1CCCCC1.N#Cc1cnn2c(N)ccc2c1N. The summed E-state index contributed by atoms with van der Waals surface area (Å²) in [6.07, 6.45) is 10.4. The van der Waals surface area contributed by atoms with Crippen LogP contribution in [0, 0.1) is 11.3 Å². The highest BCUT2D eigenvalue weighted by molar-refractivity contribution is 5.76. The standard InChI is InChI=1S/C8H7N5.C6H12/c9-3-5-4-12-13-6(8(5)11)1-2-7(13)10;1-2-4-6-5-3-1/h1-2,4H,10-11H2;1-6H2. The molecule has 0 amide bonds. The summed E-state index contributed by atoms with van der Waals surface area (Å²) in [5, 5.41) is 12.6. The summed E-state index contributed by atoms with van der Waals surface area (Å²) in [5.74, 6) is 0.506. The van der Waals surface area contributed by atoms with Crippen molar-refractivity contribution in [2.45, 2.75) is 38.5 Å². The quantitative estimate of drug-likeness (QED) is 0.758. The van der Waals surface area contributed by atoms with E-state index >= 15 is 0 Å². The van der Waals surface area contributed by atoms with E-state index in [1.807, 2.05) is 6.07 Å². The summed E-state index contributed by atoms with van der Waals surface area (Å²) in [5.41, 5.74) is 12.7. The smallest absolute Gasteiger partial charge is 0.125 e. The highest BCUT2D eigenvalue weighted by Crippen LogP contribution is 2.19. The van der Waals surface area contributed by atoms with Gasteiger partial charge in [0.1, 0.15) is 11.9 Å². The van der Waals surface area contributed by atoms with E-state index in [4.69, 9.17) is 16.7 Å². The van der Waals surface area contributed by atoms with Crippen molar-refractivity contribution in [3.05, 3.63) is 23.9 Å². The van der Waals surface area contributed by atoms with Gasteiger partial charge in [0.2, 0.25) is 0 Å². The van der Waals surface area contributed by atoms with Crippen molar-refractivity contribution in [2.24, 2.45) is 0 Å². The van der Waals surface area contributed by atoms with Crippen molar-refractivity contribution in [3.63, 3.8) is 0 Å². The van der Waals surface area contributed by atoms with E-state index in [-0.39, 0.29) is 0 Å². The van der Waals surface area contributed by atoms with E-state index < -0.39 is 0 Å². The molecule has 5 nitrogen and oxygen atoms in total. The number of aromatic nitrogens is 2. The molecule has 0 aromatic carbocycles. The second kappa shape index (κ2) is 6.10. The Hall–Kier alpha value is -2.22. The lowest BCUT2D eigenvalue weighted by molar-refractivity contribution is 0.504. The Kier molecular flexibility index (Phi) is 4.24. The van der Waals surface area contributed by atoms with Crippen LogP contribution in [0.2, 0.25) is 0 Å². The Morgan fingerprint density at radius 3 is 2.16 bits per heavy atom. The van der Waals surface area contributed by atoms with Gasteiger partial charge in [0.25, 0.3) is 0 Å². The first-order valence-electron chi connectivity index (χ1n) is 6.66. The molecule has 3 rings (SSSR count). The zero-order valence-electron chi connectivity index (χ0n) is 11.0. The van der Waals surface area contributed by atoms with Gasteiger partial charge in [-0.15, -0.1) is 0 Å². The molecule has 100 valence electrons. The Morgan fingerprint density at radius 2 is 1.63 bits per heavy atom. The lowest BCUT2D eigenvalue weighted by Crippen LogP contribution is -2.01. The van der Waals surface area contributed by atoms with Gasteiger partial charge in [-0.1, -0.05) is 38.5 Å². The van der Waals surface area contributed by atoms with Gasteiger partial charge in [0, 0.05) is 0 Å². The minimum atomic E-state index is 0.366. The minimum Gasteiger partial charge on any atom is -0.396 e. The molecule has 1 saturated carbocycles. The Morgan fingerprint density at radius 1 is 1.05 bits per heavy atom. The Bertz CT molecular complexity index is 578. The average Bonchev–Trinajstić information content (AvgIpc) is 2.85. The first-order valence-corrected chi connectivity index (χ1v) is 6.66. The van der Waals surface area contributed by atoms with Crippen LogP contribution in [-0.2, 0) is 0 Å². The van der Waals surface area contributed by atoms with Crippen molar-refractivity contribution in [2.75, 3.05) is 11.5 Å². The van der Waals surface area contributed by atoms with E-state index in [0.717, 1.165) is 0 Å². The molecule has 1 fully saturated rings. The monoisotopic (exact) mass is 257 g/mol. The number of hydrogen-bond acceptors (Lipinski definition) is 4. The van der Waals surface area contributed by atoms with Gasteiger partial charge in [-0.2, -0.15) is 10.4 Å². The summed E-state index contributed by atoms with van der Waals surface area (Å²) in [6.45, 7) is 0. The molecule has 4 N–H and O–H groups in total. The van der Waals surface area contributed by atoms with Gasteiger partial charge in [-0.25, -0.2) is 4.52 Å². The van der Waals surface area contributed by atoms with Crippen molar-refractivity contribution in [1.82, 2.24) is 9.61 Å². The molecule has 2 aromatic heterocycles. The number of anilines is 2. The number of fused-ring (bicyclic) bond motifs is 1. The van der Waals surface area contributed by atoms with Crippen molar-refractivity contribution >= 4 is 17.0 Å². The fraction of sp³-hybridized carbons (Fsp3) is 0.429. The van der Waals surface area contributed by atoms with E-state index in [0.29, 0.717) is 22.6 Å². The first kappa shape index (κ1) is 13.2. The molecule has 0 aliphatic heterocycles. The third-order valence-corrected chi connectivity index (χ3v) is 3.37. The molecule has 0 radical (unpaired) electrons. The van der Waals surface area contributed by atoms with Crippen LogP contribution < -0.4 is 11.5 Å². The van der Waals surface area contributed by atoms with Crippen molar-refractivity contribution in [1.29, 1.82) is 5.26 Å². The number of hydrogen-bond donors (Lipinski definition) is 2. The minimum absolute atomic E-state index is 0.366. The number of rotatable bonds is 0. The van der Waals surface area contributed by atoms with Crippen LogP contribution >= 0.6 is 0 Å². The zero-order chi connectivity index (χ0) is 13.7. The van der Waals surface area contributed by atoms with Crippen LogP contribution in [0.3, 0.4) is 0 Å². The summed E-state index contributed by atoms with van der Waals surface area (Å²) < 4.78 is 1.50. The molecule has 1 aliphatic rings. The zero-order valence-corrected chi connectivity index (χ0v) is 11.0. The molecule has 0 atom stereocenters. The summed E-state index contributed by atoms with van der Waals surface area (Å²) in [4.78, 5) is 0. The number of nitrogens with two attached hydrogens (primary N) is 2. The van der Waals surface area contributed by atoms with Gasteiger partial charge in [0.15, 0.2) is 0 Å². The molecule has 5 heteroatoms. The van der Waals surface area contributed by atoms with E-state index in [1.165, 1.54) is 49.2 Å². The number of nitriles is 1. The Balaban J connectivity index is 0.000000186. The van der Waals surface area contributed by atoms with Gasteiger partial charge < -0.3 is 11.5 Å². The normalized spacial score (nSPS) is 14.5. The third kappa shape index (κ3) is 2.97. The highest BCUT2D eigenvalue weighted by atomic mass is 15.2. The number of nitrogen functional groups attached to an aromatic ring is 2. The van der Waals surface area contributed by atoms with Gasteiger partial charge in [-0.3, -0.25) is 0 Å². The molecule has 0 bridgehead atoms. The van der Waals surface area contributed by atoms with Crippen LogP contribution in [0.15, 0.2) is 18.3 Å². The van der Waals surface area contributed by atoms with Gasteiger partial charge in [-0.05, 0) is 12.1 Å². The van der Waals surface area contributed by atoms with Crippen LogP contribution in [0.25, 0.3) is 5.52 Å². The van der Waals surface area contributed by atoms with Crippen LogP contribution in [0.1, 0.15) is 44.1 Å². The van der Waals surface area contributed by atoms with Crippen LogP contribution in [0.4, 0.5) is 11.5 Å². The average molecular weight is 257 g/mol. The largest absolute Gasteiger partial charge is 0.396 e. The maximum atomic E-state index is 8.67. The highest BCUT2D eigenvalue weighted by Gasteiger charge is 2.06. The third-order valence-electron chi connectivity index (χ3n) is 3.37. The maximum absolute atomic E-state index is 8.67. The molecule has 19 heavy (non-hydrogen) atoms. The van der Waals surface area contributed by atoms with E-state index in [9.17, 15) is 0 Å². The van der Waals surface area contributed by atoms with E-state index in [2.05, 4.69) is 5.10 Å². The van der Waals surface area contributed by atoms with Crippen LogP contribution in [0.5, 0.6) is 0 Å². The molecule has 0 spiro atoms.